The van der Waals surface area contributed by atoms with Gasteiger partial charge in [0.1, 0.15) is 5.82 Å². The first-order valence-electron chi connectivity index (χ1n) is 6.86. The van der Waals surface area contributed by atoms with Gasteiger partial charge < -0.3 is 10.0 Å². The van der Waals surface area contributed by atoms with Crippen molar-refractivity contribution in [3.05, 3.63) is 30.1 Å². The lowest BCUT2D eigenvalue weighted by atomic mass is 9.85. The smallest absolute Gasteiger partial charge is 0.374 e. The summed E-state index contributed by atoms with van der Waals surface area (Å²) >= 11 is 0. The normalized spacial score (nSPS) is 15.1. The van der Waals surface area contributed by atoms with Crippen LogP contribution in [0.3, 0.4) is 0 Å². The molecule has 0 saturated heterocycles. The summed E-state index contributed by atoms with van der Waals surface area (Å²) in [4.78, 5) is 21.5. The van der Waals surface area contributed by atoms with E-state index >= 15 is 0 Å². The molecule has 1 aromatic carbocycles. The zero-order valence-electron chi connectivity index (χ0n) is 11.4. The number of anilines is 1. The Labute approximate surface area is 117 Å². The maximum atomic E-state index is 11.2. The van der Waals surface area contributed by atoms with Gasteiger partial charge in [-0.3, -0.25) is 0 Å². The van der Waals surface area contributed by atoms with Crippen molar-refractivity contribution in [2.45, 2.75) is 19.3 Å². The van der Waals surface area contributed by atoms with Gasteiger partial charge in [-0.25, -0.2) is 14.8 Å². The molecule has 0 amide bonds. The van der Waals surface area contributed by atoms with Crippen molar-refractivity contribution >= 4 is 22.7 Å². The number of hydrogen-bond acceptors (Lipinski definition) is 4. The molecule has 1 saturated carbocycles. The second-order valence-corrected chi connectivity index (χ2v) is 5.37. The third kappa shape index (κ3) is 2.31. The van der Waals surface area contributed by atoms with Gasteiger partial charge in [-0.2, -0.15) is 0 Å². The molecule has 5 nitrogen and oxygen atoms in total. The van der Waals surface area contributed by atoms with E-state index in [2.05, 4.69) is 14.9 Å². The van der Waals surface area contributed by atoms with Crippen LogP contribution in [0.15, 0.2) is 24.3 Å². The van der Waals surface area contributed by atoms with Crippen molar-refractivity contribution in [3.63, 3.8) is 0 Å². The number of rotatable bonds is 4. The highest BCUT2D eigenvalue weighted by Crippen LogP contribution is 2.30. The summed E-state index contributed by atoms with van der Waals surface area (Å²) in [6.45, 7) is 0.917. The fourth-order valence-electron chi connectivity index (χ4n) is 2.60. The maximum absolute atomic E-state index is 11.2. The first-order valence-corrected chi connectivity index (χ1v) is 6.86. The Morgan fingerprint density at radius 2 is 2.10 bits per heavy atom. The quantitative estimate of drug-likeness (QED) is 0.925. The maximum Gasteiger partial charge on any atom is 0.374 e. The average Bonchev–Trinajstić information content (AvgIpc) is 2.41. The first kappa shape index (κ1) is 12.8. The molecule has 3 rings (SSSR count). The summed E-state index contributed by atoms with van der Waals surface area (Å²) < 4.78 is 0. The summed E-state index contributed by atoms with van der Waals surface area (Å²) in [6.07, 6.45) is 3.79. The van der Waals surface area contributed by atoms with Crippen molar-refractivity contribution in [2.24, 2.45) is 5.92 Å². The van der Waals surface area contributed by atoms with Gasteiger partial charge in [0.25, 0.3) is 0 Å². The minimum atomic E-state index is -1.09. The van der Waals surface area contributed by atoms with Crippen molar-refractivity contribution in [3.8, 4) is 0 Å². The molecule has 104 valence electrons. The number of nitrogens with zero attached hydrogens (tertiary/aromatic N) is 3. The second-order valence-electron chi connectivity index (χ2n) is 5.37. The van der Waals surface area contributed by atoms with Crippen LogP contribution in [0.25, 0.3) is 10.9 Å². The van der Waals surface area contributed by atoms with Crippen molar-refractivity contribution < 1.29 is 9.90 Å². The number of carboxylic acid groups (broad SMARTS) is 1. The Morgan fingerprint density at radius 3 is 2.75 bits per heavy atom. The van der Waals surface area contributed by atoms with E-state index in [0.717, 1.165) is 11.9 Å². The minimum absolute atomic E-state index is 0.140. The molecular formula is C15H17N3O2. The Hall–Kier alpha value is -2.17. The number of carboxylic acids is 1. The van der Waals surface area contributed by atoms with Crippen LogP contribution in [0.2, 0.25) is 0 Å². The Morgan fingerprint density at radius 1 is 1.35 bits per heavy atom. The van der Waals surface area contributed by atoms with Crippen LogP contribution in [0.4, 0.5) is 5.82 Å². The van der Waals surface area contributed by atoms with E-state index < -0.39 is 5.97 Å². The van der Waals surface area contributed by atoms with E-state index in [9.17, 15) is 4.79 Å². The van der Waals surface area contributed by atoms with E-state index in [0.29, 0.717) is 17.3 Å². The van der Waals surface area contributed by atoms with Gasteiger partial charge in [-0.05, 0) is 30.9 Å². The Kier molecular flexibility index (Phi) is 3.26. The number of aromatic carboxylic acids is 1. The van der Waals surface area contributed by atoms with Gasteiger partial charge in [0.2, 0.25) is 5.82 Å². The van der Waals surface area contributed by atoms with Crippen molar-refractivity contribution in [1.29, 1.82) is 0 Å². The predicted octanol–water partition coefficient (Wildman–Crippen LogP) is 2.56. The SMILES string of the molecule is CN(CC1CCC1)c1nc(C(=O)O)nc2ccccc12. The zero-order chi connectivity index (χ0) is 14.1. The zero-order valence-corrected chi connectivity index (χ0v) is 11.4. The summed E-state index contributed by atoms with van der Waals surface area (Å²) in [5, 5.41) is 10.0. The standard InChI is InChI=1S/C15H17N3O2/c1-18(9-10-5-4-6-10)14-11-7-2-3-8-12(11)16-13(17-14)15(19)20/h2-3,7-8,10H,4-6,9H2,1H3,(H,19,20). The summed E-state index contributed by atoms with van der Waals surface area (Å²) in [5.41, 5.74) is 0.676. The molecule has 0 radical (unpaired) electrons. The van der Waals surface area contributed by atoms with E-state index in [1.54, 1.807) is 0 Å². The van der Waals surface area contributed by atoms with Crippen LogP contribution >= 0.6 is 0 Å². The Balaban J connectivity index is 2.04. The first-order chi connectivity index (χ1) is 9.65. The molecule has 0 unspecified atom stereocenters. The molecule has 0 spiro atoms. The molecule has 1 aliphatic carbocycles. The van der Waals surface area contributed by atoms with Gasteiger partial charge in [0.15, 0.2) is 0 Å². The number of benzene rings is 1. The van der Waals surface area contributed by atoms with Gasteiger partial charge in [-0.1, -0.05) is 18.6 Å². The lowest BCUT2D eigenvalue weighted by Crippen LogP contribution is -2.30. The average molecular weight is 271 g/mol. The fraction of sp³-hybridized carbons (Fsp3) is 0.400. The van der Waals surface area contributed by atoms with Crippen molar-refractivity contribution in [2.75, 3.05) is 18.5 Å². The largest absolute Gasteiger partial charge is 0.475 e. The van der Waals surface area contributed by atoms with E-state index in [1.807, 2.05) is 31.3 Å². The molecule has 0 aliphatic heterocycles. The monoisotopic (exact) mass is 271 g/mol. The molecule has 2 aromatic rings. The van der Waals surface area contributed by atoms with E-state index in [4.69, 9.17) is 5.11 Å². The van der Waals surface area contributed by atoms with Crippen molar-refractivity contribution in [1.82, 2.24) is 9.97 Å². The molecule has 5 heteroatoms. The molecule has 1 aliphatic rings. The fourth-order valence-corrected chi connectivity index (χ4v) is 2.60. The number of para-hydroxylation sites is 1. The second kappa shape index (κ2) is 5.07. The lowest BCUT2D eigenvalue weighted by Gasteiger charge is -2.31. The van der Waals surface area contributed by atoms with E-state index in [-0.39, 0.29) is 5.82 Å². The third-order valence-electron chi connectivity index (χ3n) is 3.89. The molecule has 20 heavy (non-hydrogen) atoms. The minimum Gasteiger partial charge on any atom is -0.475 e. The molecule has 0 atom stereocenters. The number of fused-ring (bicyclic) bond motifs is 1. The third-order valence-corrected chi connectivity index (χ3v) is 3.89. The molecule has 0 bridgehead atoms. The Bertz CT molecular complexity index is 653. The molecule has 1 N–H and O–H groups in total. The summed E-state index contributed by atoms with van der Waals surface area (Å²) in [7, 11) is 1.97. The summed E-state index contributed by atoms with van der Waals surface area (Å²) in [5.74, 6) is 0.176. The van der Waals surface area contributed by atoms with Crippen LogP contribution in [0, 0.1) is 5.92 Å². The number of aromatic nitrogens is 2. The predicted molar refractivity (Wildman–Crippen MR) is 77.1 cm³/mol. The number of hydrogen-bond donors (Lipinski definition) is 1. The van der Waals surface area contributed by atoms with Crippen LogP contribution in [0.1, 0.15) is 29.9 Å². The van der Waals surface area contributed by atoms with Gasteiger partial charge in [0, 0.05) is 19.0 Å². The van der Waals surface area contributed by atoms with Crippen LogP contribution in [-0.2, 0) is 0 Å². The highest BCUT2D eigenvalue weighted by atomic mass is 16.4. The molecule has 1 aromatic heterocycles. The van der Waals surface area contributed by atoms with E-state index in [1.165, 1.54) is 19.3 Å². The highest BCUT2D eigenvalue weighted by molar-refractivity contribution is 5.93. The number of carbonyl (C=O) groups is 1. The van der Waals surface area contributed by atoms with Crippen LogP contribution in [0.5, 0.6) is 0 Å². The van der Waals surface area contributed by atoms with Crippen LogP contribution in [-0.4, -0.2) is 34.6 Å². The molecule has 1 heterocycles. The molecular weight excluding hydrogens is 254 g/mol. The van der Waals surface area contributed by atoms with Gasteiger partial charge >= 0.3 is 5.97 Å². The van der Waals surface area contributed by atoms with Crippen LogP contribution < -0.4 is 4.90 Å². The molecule has 1 fully saturated rings. The summed E-state index contributed by atoms with van der Waals surface area (Å²) in [6, 6.07) is 7.54. The highest BCUT2D eigenvalue weighted by Gasteiger charge is 2.22. The van der Waals surface area contributed by atoms with Gasteiger partial charge in [0.05, 0.1) is 5.52 Å². The van der Waals surface area contributed by atoms with Gasteiger partial charge in [-0.15, -0.1) is 0 Å². The lowest BCUT2D eigenvalue weighted by molar-refractivity contribution is 0.0684. The topological polar surface area (TPSA) is 66.3 Å².